The molecule has 0 fully saturated rings. The zero-order valence-corrected chi connectivity index (χ0v) is 7.70. The summed E-state index contributed by atoms with van der Waals surface area (Å²) < 4.78 is 4.43. The first-order valence-electron chi connectivity index (χ1n) is 4.60. The zero-order valence-electron chi connectivity index (χ0n) is 7.70. The summed E-state index contributed by atoms with van der Waals surface area (Å²) in [7, 11) is -0.298. The molecular weight excluding hydrogens is 154 g/mol. The Morgan fingerprint density at radius 3 is 2.50 bits per heavy atom. The van der Waals surface area contributed by atoms with E-state index in [-0.39, 0.29) is 0 Å². The number of unbranched alkanes of at least 4 members (excludes halogenated alkanes) is 4. The highest BCUT2D eigenvalue weighted by molar-refractivity contribution is 6.49. The fraction of sp³-hybridized carbons (Fsp3) is 1.00. The summed E-state index contributed by atoms with van der Waals surface area (Å²) in [6.07, 6.45) is 6.37. The first-order chi connectivity index (χ1) is 5.81. The topological polar surface area (TPSA) is 49.7 Å². The molecule has 0 unspecified atom stereocenters. The van der Waals surface area contributed by atoms with E-state index in [9.17, 15) is 0 Å². The third-order valence-corrected chi connectivity index (χ3v) is 1.77. The van der Waals surface area contributed by atoms with Gasteiger partial charge >= 0.3 is 14.8 Å². The van der Waals surface area contributed by atoms with Crippen molar-refractivity contribution >= 4 is 14.8 Å². The summed E-state index contributed by atoms with van der Waals surface area (Å²) in [6.45, 7) is 2.17. The largest absolute Gasteiger partial charge is 0.470 e. The van der Waals surface area contributed by atoms with Crippen molar-refractivity contribution in [1.29, 1.82) is 0 Å². The van der Waals surface area contributed by atoms with Crippen LogP contribution in [0.15, 0.2) is 0 Å². The highest BCUT2D eigenvalue weighted by atomic mass is 16.5. The molecule has 3 nitrogen and oxygen atoms in total. The van der Waals surface area contributed by atoms with Crippen molar-refractivity contribution in [2.24, 2.45) is 0 Å². The molecule has 0 rings (SSSR count). The zero-order chi connectivity index (χ0) is 9.23. The van der Waals surface area contributed by atoms with Crippen LogP contribution in [-0.2, 0) is 4.57 Å². The van der Waals surface area contributed by atoms with Crippen LogP contribution in [0, 0.1) is 0 Å². The monoisotopic (exact) mass is 171 g/mol. The van der Waals surface area contributed by atoms with Gasteiger partial charge in [-0.3, -0.25) is 0 Å². The predicted molar refractivity (Wildman–Crippen MR) is 50.6 cm³/mol. The molecule has 5 heteroatoms. The molecule has 0 saturated carbocycles. The minimum atomic E-state index is -0.836. The van der Waals surface area contributed by atoms with Gasteiger partial charge in [0.2, 0.25) is 0 Å². The molecule has 0 aliphatic carbocycles. The lowest BCUT2D eigenvalue weighted by molar-refractivity contribution is 0.376. The molecule has 12 heavy (non-hydrogen) atoms. The van der Waals surface area contributed by atoms with E-state index in [1.165, 1.54) is 19.3 Å². The van der Waals surface area contributed by atoms with Gasteiger partial charge in [-0.05, 0) is 6.32 Å². The minimum Gasteiger partial charge on any atom is -0.453 e. The van der Waals surface area contributed by atoms with Gasteiger partial charge in [0.25, 0.3) is 0 Å². The van der Waals surface area contributed by atoms with Crippen molar-refractivity contribution in [2.45, 2.75) is 45.3 Å². The number of rotatable bonds is 8. The Bertz CT molecular complexity index is 92.7. The average Bonchev–Trinajstić information content (AvgIpc) is 2.05. The highest BCUT2D eigenvalue weighted by Gasteiger charge is 2.11. The molecule has 0 amide bonds. The van der Waals surface area contributed by atoms with Gasteiger partial charge in [0.15, 0.2) is 0 Å². The van der Waals surface area contributed by atoms with E-state index in [4.69, 9.17) is 10.0 Å². The van der Waals surface area contributed by atoms with Crippen LogP contribution in [0.5, 0.6) is 0 Å². The van der Waals surface area contributed by atoms with Crippen LogP contribution in [-0.4, -0.2) is 24.9 Å². The van der Waals surface area contributed by atoms with Crippen LogP contribution in [0.2, 0.25) is 6.32 Å². The van der Waals surface area contributed by atoms with Gasteiger partial charge in [-0.2, -0.15) is 0 Å². The molecule has 0 heterocycles. The average molecular weight is 171 g/mol. The second kappa shape index (κ2) is 9.10. The molecule has 0 saturated heterocycles. The van der Waals surface area contributed by atoms with E-state index in [2.05, 4.69) is 11.5 Å². The quantitative estimate of drug-likeness (QED) is 0.422. The molecule has 1 radical (unpaired) electrons. The van der Waals surface area contributed by atoms with Gasteiger partial charge in [-0.1, -0.05) is 39.0 Å². The Kier molecular flexibility index (Phi) is 9.11. The Hall–Kier alpha value is 0.00987. The van der Waals surface area contributed by atoms with Gasteiger partial charge in [-0.25, -0.2) is 0 Å². The minimum absolute atomic E-state index is 0.538. The molecule has 0 spiro atoms. The Morgan fingerprint density at radius 2 is 1.92 bits per heavy atom. The highest BCUT2D eigenvalue weighted by Crippen LogP contribution is 2.06. The predicted octanol–water partition coefficient (Wildman–Crippen LogP) is 0.980. The molecule has 69 valence electrons. The van der Waals surface area contributed by atoms with Gasteiger partial charge in [0, 0.05) is 0 Å². The molecule has 0 aromatic carbocycles. The van der Waals surface area contributed by atoms with Crippen LogP contribution in [0.25, 0.3) is 0 Å². The summed E-state index contributed by atoms with van der Waals surface area (Å²) >= 11 is 0. The Balaban J connectivity index is 2.97. The van der Waals surface area contributed by atoms with Crippen LogP contribution >= 0.6 is 0 Å². The first-order valence-corrected chi connectivity index (χ1v) is 4.60. The van der Waals surface area contributed by atoms with E-state index in [0.717, 1.165) is 12.8 Å². The fourth-order valence-corrected chi connectivity index (χ4v) is 1.06. The third-order valence-electron chi connectivity index (χ3n) is 1.77. The smallest absolute Gasteiger partial charge is 0.453 e. The van der Waals surface area contributed by atoms with Crippen LogP contribution in [0.3, 0.4) is 0 Å². The van der Waals surface area contributed by atoms with E-state index in [1.807, 2.05) is 0 Å². The van der Waals surface area contributed by atoms with Gasteiger partial charge in [-0.15, -0.1) is 0 Å². The second-order valence-electron chi connectivity index (χ2n) is 2.90. The van der Waals surface area contributed by atoms with Crippen LogP contribution < -0.4 is 0 Å². The van der Waals surface area contributed by atoms with Gasteiger partial charge in [0.1, 0.15) is 0 Å². The summed E-state index contributed by atoms with van der Waals surface area (Å²) in [4.78, 5) is 0. The lowest BCUT2D eigenvalue weighted by Gasteiger charge is -2.03. The Morgan fingerprint density at radius 1 is 1.25 bits per heavy atom. The second-order valence-corrected chi connectivity index (χ2v) is 2.90. The van der Waals surface area contributed by atoms with E-state index >= 15 is 0 Å². The van der Waals surface area contributed by atoms with Crippen molar-refractivity contribution in [3.05, 3.63) is 0 Å². The van der Waals surface area contributed by atoms with Crippen molar-refractivity contribution < 1.29 is 14.6 Å². The number of hydrogen-bond acceptors (Lipinski definition) is 3. The maximum absolute atomic E-state index is 8.99. The fourth-order valence-electron chi connectivity index (χ4n) is 1.06. The van der Waals surface area contributed by atoms with Gasteiger partial charge < -0.3 is 14.6 Å². The summed E-state index contributed by atoms with van der Waals surface area (Å²) in [5.74, 6) is 0. The third kappa shape index (κ3) is 8.11. The molecule has 2 N–H and O–H groups in total. The van der Waals surface area contributed by atoms with E-state index in [1.54, 1.807) is 0 Å². The SMILES string of the molecule is CCCCCCCB(O)O[B]O. The number of hydrogen-bond donors (Lipinski definition) is 2. The molecule has 0 aliphatic rings. The first kappa shape index (κ1) is 12.0. The lowest BCUT2D eigenvalue weighted by Crippen LogP contribution is -2.19. The molecule has 0 atom stereocenters. The summed E-state index contributed by atoms with van der Waals surface area (Å²) in [5, 5.41) is 17.2. The standard InChI is InChI=1S/C7H17B2O3/c1-2-3-4-5-6-7-9(11)12-8-10/h10-11H,2-7H2,1H3. The summed E-state index contributed by atoms with van der Waals surface area (Å²) in [5.41, 5.74) is 0. The van der Waals surface area contributed by atoms with Crippen molar-refractivity contribution in [3.63, 3.8) is 0 Å². The van der Waals surface area contributed by atoms with Crippen molar-refractivity contribution in [1.82, 2.24) is 0 Å². The summed E-state index contributed by atoms with van der Waals surface area (Å²) in [6, 6.07) is 0. The van der Waals surface area contributed by atoms with E-state index < -0.39 is 7.12 Å². The lowest BCUT2D eigenvalue weighted by atomic mass is 9.81. The van der Waals surface area contributed by atoms with Crippen molar-refractivity contribution in [3.8, 4) is 0 Å². The normalized spacial score (nSPS) is 9.92. The van der Waals surface area contributed by atoms with E-state index in [0.29, 0.717) is 14.0 Å². The van der Waals surface area contributed by atoms with Crippen LogP contribution in [0.4, 0.5) is 0 Å². The maximum Gasteiger partial charge on any atom is 0.470 e. The molecular formula is C7H17B2O3. The van der Waals surface area contributed by atoms with Crippen LogP contribution in [0.1, 0.15) is 39.0 Å². The Labute approximate surface area is 75.6 Å². The van der Waals surface area contributed by atoms with Crippen molar-refractivity contribution in [2.75, 3.05) is 0 Å². The molecule has 0 aliphatic heterocycles. The molecule has 0 aromatic heterocycles. The maximum atomic E-state index is 8.99. The molecule has 0 bridgehead atoms. The molecule has 0 aromatic rings. The van der Waals surface area contributed by atoms with Gasteiger partial charge in [0.05, 0.1) is 0 Å².